The number of sulfonamides is 1. The van der Waals surface area contributed by atoms with Crippen LogP contribution < -0.4 is 10.3 Å². The Morgan fingerprint density at radius 3 is 2.49 bits per heavy atom. The number of amides is 1. The van der Waals surface area contributed by atoms with Gasteiger partial charge in [-0.25, -0.2) is 18.4 Å². The number of rotatable bonds is 7. The first-order valence-corrected chi connectivity index (χ1v) is 13.8. The molecule has 3 heterocycles. The first-order valence-electron chi connectivity index (χ1n) is 11.5. The minimum atomic E-state index is -3.84. The van der Waals surface area contributed by atoms with Gasteiger partial charge in [-0.1, -0.05) is 13.0 Å². The number of nitrogens with zero attached hydrogens (tertiary/aromatic N) is 5. The lowest BCUT2D eigenvalue weighted by atomic mass is 10.0. The molecular weight excluding hydrogens is 512 g/mol. The fourth-order valence-electron chi connectivity index (χ4n) is 4.03. The zero-order chi connectivity index (χ0) is 27.1. The minimum absolute atomic E-state index is 0.0786. The predicted octanol–water partition coefficient (Wildman–Crippen LogP) is 3.37. The number of aromatic nitrogens is 4. The molecule has 0 radical (unpaired) electrons. The van der Waals surface area contributed by atoms with E-state index >= 15 is 0 Å². The van der Waals surface area contributed by atoms with Crippen LogP contribution in [0, 0.1) is 26.7 Å². The molecular formula is C25H28N6O4S2. The van der Waals surface area contributed by atoms with Crippen molar-refractivity contribution in [3.8, 4) is 11.1 Å². The van der Waals surface area contributed by atoms with E-state index in [1.807, 2.05) is 0 Å². The van der Waals surface area contributed by atoms with Crippen molar-refractivity contribution in [3.63, 3.8) is 0 Å². The molecule has 0 aliphatic rings. The van der Waals surface area contributed by atoms with Crippen LogP contribution in [0.4, 0.5) is 5.69 Å². The third kappa shape index (κ3) is 5.39. The largest absolute Gasteiger partial charge is 0.349 e. The molecule has 12 heteroatoms. The van der Waals surface area contributed by atoms with Crippen molar-refractivity contribution in [1.29, 1.82) is 0 Å². The summed E-state index contributed by atoms with van der Waals surface area (Å²) in [6, 6.07) is 6.94. The summed E-state index contributed by atoms with van der Waals surface area (Å²) in [4.78, 5) is 40.0. The molecule has 1 aromatic carbocycles. The second-order valence-electron chi connectivity index (χ2n) is 9.14. The second kappa shape index (κ2) is 10.0. The zero-order valence-electron chi connectivity index (χ0n) is 21.4. The molecule has 4 aromatic rings. The van der Waals surface area contributed by atoms with Gasteiger partial charge in [-0.3, -0.25) is 23.9 Å². The fraction of sp³-hybridized carbons (Fsp3) is 0.320. The first kappa shape index (κ1) is 26.4. The van der Waals surface area contributed by atoms with Gasteiger partial charge in [0.1, 0.15) is 0 Å². The number of aryl methyl sites for hydroxylation is 3. The Hall–Kier alpha value is -3.64. The maximum absolute atomic E-state index is 13.2. The smallest absolute Gasteiger partial charge is 0.273 e. The molecule has 0 bridgehead atoms. The molecule has 0 spiro atoms. The van der Waals surface area contributed by atoms with Gasteiger partial charge in [-0.05, 0) is 44.5 Å². The van der Waals surface area contributed by atoms with Crippen LogP contribution in [0.1, 0.15) is 23.3 Å². The Bertz CT molecular complexity index is 1670. The number of nitrogens with one attached hydrogen (secondary N) is 1. The average Bonchev–Trinajstić information content (AvgIpc) is 3.20. The van der Waals surface area contributed by atoms with Crippen LogP contribution in [0.2, 0.25) is 0 Å². The maximum Gasteiger partial charge on any atom is 0.273 e. The summed E-state index contributed by atoms with van der Waals surface area (Å²) in [6.45, 7) is 7.11. The summed E-state index contributed by atoms with van der Waals surface area (Å²) in [5.74, 6) is -0.469. The van der Waals surface area contributed by atoms with E-state index in [0.717, 1.165) is 11.3 Å². The highest BCUT2D eigenvalue weighted by molar-refractivity contribution is 7.94. The molecule has 194 valence electrons. The summed E-state index contributed by atoms with van der Waals surface area (Å²) >= 11 is 1.11. The van der Waals surface area contributed by atoms with Gasteiger partial charge in [0.25, 0.3) is 15.6 Å². The molecule has 0 aliphatic heterocycles. The normalized spacial score (nSPS) is 12.5. The third-order valence-corrected chi connectivity index (χ3v) is 8.97. The Morgan fingerprint density at radius 2 is 1.84 bits per heavy atom. The highest BCUT2D eigenvalue weighted by Gasteiger charge is 2.22. The van der Waals surface area contributed by atoms with E-state index in [9.17, 15) is 18.0 Å². The highest BCUT2D eigenvalue weighted by atomic mass is 32.2. The predicted molar refractivity (Wildman–Crippen MR) is 144 cm³/mol. The van der Waals surface area contributed by atoms with Crippen LogP contribution in [0.15, 0.2) is 45.8 Å². The lowest BCUT2D eigenvalue weighted by molar-refractivity contribution is -0.132. The van der Waals surface area contributed by atoms with Crippen molar-refractivity contribution in [2.24, 2.45) is 5.92 Å². The molecule has 0 unspecified atom stereocenters. The number of thiazole rings is 1. The molecule has 0 saturated carbocycles. The lowest BCUT2D eigenvalue weighted by Crippen LogP contribution is -2.33. The van der Waals surface area contributed by atoms with E-state index in [2.05, 4.69) is 19.7 Å². The van der Waals surface area contributed by atoms with E-state index in [0.29, 0.717) is 44.1 Å². The van der Waals surface area contributed by atoms with Crippen molar-refractivity contribution < 1.29 is 13.2 Å². The monoisotopic (exact) mass is 540 g/mol. The standard InChI is InChI=1S/C25H28N6O4S2/c1-14(23(32)30(5)6)12-31-13-27-21-8-7-18(9-20(21)24(31)33)19-10-22(15(2)26-11-19)29-37(34,35)25-16(3)28-17(4)36-25/h7-11,13-14,29H,12H2,1-6H3/t14-/m1/s1. The number of hydrogen-bond donors (Lipinski definition) is 1. The number of anilines is 1. The molecule has 37 heavy (non-hydrogen) atoms. The van der Waals surface area contributed by atoms with Crippen LogP contribution in [0.3, 0.4) is 0 Å². The van der Waals surface area contributed by atoms with Gasteiger partial charge in [0.05, 0.1) is 45.2 Å². The number of pyridine rings is 1. The summed E-state index contributed by atoms with van der Waals surface area (Å²) in [5, 5.41) is 1.06. The number of fused-ring (bicyclic) bond motifs is 1. The Morgan fingerprint density at radius 1 is 1.11 bits per heavy atom. The van der Waals surface area contributed by atoms with Gasteiger partial charge >= 0.3 is 0 Å². The molecule has 0 aliphatic carbocycles. The van der Waals surface area contributed by atoms with Crippen molar-refractivity contribution >= 4 is 43.9 Å². The maximum atomic E-state index is 13.2. The van der Waals surface area contributed by atoms with Gasteiger partial charge < -0.3 is 4.90 Å². The third-order valence-electron chi connectivity index (χ3n) is 5.93. The van der Waals surface area contributed by atoms with Crippen molar-refractivity contribution in [1.82, 2.24) is 24.4 Å². The Kier molecular flexibility index (Phi) is 7.16. The average molecular weight is 541 g/mol. The van der Waals surface area contributed by atoms with Crippen molar-refractivity contribution in [3.05, 3.63) is 63.5 Å². The van der Waals surface area contributed by atoms with Gasteiger partial charge in [-0.15, -0.1) is 11.3 Å². The number of carbonyl (C=O) groups is 1. The fourth-order valence-corrected chi connectivity index (χ4v) is 6.62. The van der Waals surface area contributed by atoms with E-state index in [-0.39, 0.29) is 22.2 Å². The highest BCUT2D eigenvalue weighted by Crippen LogP contribution is 2.29. The summed E-state index contributed by atoms with van der Waals surface area (Å²) < 4.78 is 30.3. The van der Waals surface area contributed by atoms with Gasteiger partial charge in [0.2, 0.25) is 5.91 Å². The van der Waals surface area contributed by atoms with E-state index in [1.54, 1.807) is 72.3 Å². The zero-order valence-corrected chi connectivity index (χ0v) is 23.1. The topological polar surface area (TPSA) is 127 Å². The number of hydrogen-bond acceptors (Lipinski definition) is 8. The lowest BCUT2D eigenvalue weighted by Gasteiger charge is -2.17. The molecule has 1 atom stereocenters. The summed E-state index contributed by atoms with van der Waals surface area (Å²) in [7, 11) is -0.492. The summed E-state index contributed by atoms with van der Waals surface area (Å²) in [5.41, 5.74) is 2.86. The molecule has 1 N–H and O–H groups in total. The molecule has 0 saturated heterocycles. The van der Waals surface area contributed by atoms with Crippen LogP contribution in [-0.2, 0) is 21.4 Å². The minimum Gasteiger partial charge on any atom is -0.349 e. The quantitative estimate of drug-likeness (QED) is 0.381. The number of carbonyl (C=O) groups excluding carboxylic acids is 1. The second-order valence-corrected chi connectivity index (χ2v) is 12.2. The Labute approximate surface area is 219 Å². The van der Waals surface area contributed by atoms with E-state index < -0.39 is 15.9 Å². The SMILES string of the molecule is Cc1nc(C)c(S(=O)(=O)Nc2cc(-c3ccc4ncn(C[C@@H](C)C(=O)N(C)C)c(=O)c4c3)cnc2C)s1. The van der Waals surface area contributed by atoms with Crippen LogP contribution in [0.5, 0.6) is 0 Å². The molecule has 4 rings (SSSR count). The van der Waals surface area contributed by atoms with Crippen molar-refractivity contribution in [2.75, 3.05) is 18.8 Å². The van der Waals surface area contributed by atoms with E-state index in [4.69, 9.17) is 0 Å². The van der Waals surface area contributed by atoms with Crippen LogP contribution in [-0.4, -0.2) is 52.8 Å². The van der Waals surface area contributed by atoms with Crippen molar-refractivity contribution in [2.45, 2.75) is 38.4 Å². The molecule has 1 amide bonds. The summed E-state index contributed by atoms with van der Waals surface area (Å²) in [6.07, 6.45) is 3.08. The first-order chi connectivity index (χ1) is 17.4. The number of benzene rings is 1. The molecule has 0 fully saturated rings. The van der Waals surface area contributed by atoms with E-state index in [1.165, 1.54) is 15.8 Å². The van der Waals surface area contributed by atoms with Gasteiger partial charge in [-0.2, -0.15) is 0 Å². The van der Waals surface area contributed by atoms with Gasteiger partial charge in [0.15, 0.2) is 4.21 Å². The van der Waals surface area contributed by atoms with Crippen LogP contribution >= 0.6 is 11.3 Å². The Balaban J connectivity index is 1.70. The van der Waals surface area contributed by atoms with Gasteiger partial charge in [0, 0.05) is 32.4 Å². The molecule has 3 aromatic heterocycles. The van der Waals surface area contributed by atoms with Crippen LogP contribution in [0.25, 0.3) is 22.0 Å². The molecule has 10 nitrogen and oxygen atoms in total.